The van der Waals surface area contributed by atoms with Crippen molar-refractivity contribution in [3.63, 3.8) is 0 Å². The molecule has 0 aromatic carbocycles. The van der Waals surface area contributed by atoms with Gasteiger partial charge in [-0.15, -0.1) is 6.58 Å². The largest absolute Gasteiger partial charge is 0.394 e. The van der Waals surface area contributed by atoms with Gasteiger partial charge in [0.25, 0.3) is 5.97 Å². The SMILES string of the molecule is C=C[SiH2]OC(C)(OCCO)OCCO. The lowest BCUT2D eigenvalue weighted by Gasteiger charge is -2.29. The summed E-state index contributed by atoms with van der Waals surface area (Å²) >= 11 is 0. The molecule has 0 aliphatic rings. The van der Waals surface area contributed by atoms with Crippen molar-refractivity contribution in [1.82, 2.24) is 0 Å². The molecule has 0 aliphatic carbocycles. The number of hydrogen-bond donors (Lipinski definition) is 2. The first-order chi connectivity index (χ1) is 6.68. The minimum absolute atomic E-state index is 0.100. The Labute approximate surface area is 86.2 Å². The molecule has 0 rings (SSSR count). The molecule has 0 fully saturated rings. The summed E-state index contributed by atoms with van der Waals surface area (Å²) in [5, 5.41) is 17.2. The standard InChI is InChI=1S/C8H18O5Si/c1-3-14-13-8(2,11-6-4-9)12-7-5-10/h3,9-10H,1,4-7,14H2,2H3. The molecule has 84 valence electrons. The second-order valence-corrected chi connectivity index (χ2v) is 3.81. The van der Waals surface area contributed by atoms with E-state index < -0.39 is 15.7 Å². The van der Waals surface area contributed by atoms with Crippen LogP contribution in [0, 0.1) is 0 Å². The minimum atomic E-state index is -1.17. The fourth-order valence-electron chi connectivity index (χ4n) is 0.797. The molecule has 0 atom stereocenters. The molecule has 0 aliphatic heterocycles. The quantitative estimate of drug-likeness (QED) is 0.384. The third-order valence-electron chi connectivity index (χ3n) is 1.37. The number of ether oxygens (including phenoxy) is 2. The van der Waals surface area contributed by atoms with Gasteiger partial charge in [-0.1, -0.05) is 5.70 Å². The lowest BCUT2D eigenvalue weighted by Crippen LogP contribution is -2.38. The van der Waals surface area contributed by atoms with Crippen molar-refractivity contribution in [1.29, 1.82) is 0 Å². The monoisotopic (exact) mass is 222 g/mol. The fraction of sp³-hybridized carbons (Fsp3) is 0.750. The Hall–Kier alpha value is -0.243. The molecule has 0 amide bonds. The number of aliphatic hydroxyl groups excluding tert-OH is 2. The van der Waals surface area contributed by atoms with Crippen LogP contribution in [0.3, 0.4) is 0 Å². The summed E-state index contributed by atoms with van der Waals surface area (Å²) < 4.78 is 15.7. The highest BCUT2D eigenvalue weighted by Gasteiger charge is 2.25. The minimum Gasteiger partial charge on any atom is -0.394 e. The molecule has 0 saturated carbocycles. The zero-order valence-corrected chi connectivity index (χ0v) is 9.85. The predicted octanol–water partition coefficient (Wildman–Crippen LogP) is -1.08. The van der Waals surface area contributed by atoms with Gasteiger partial charge in [0.1, 0.15) is 0 Å². The van der Waals surface area contributed by atoms with Crippen molar-refractivity contribution in [2.24, 2.45) is 0 Å². The van der Waals surface area contributed by atoms with E-state index in [9.17, 15) is 0 Å². The maximum absolute atomic E-state index is 8.59. The van der Waals surface area contributed by atoms with Crippen LogP contribution in [0.4, 0.5) is 0 Å². The molecule has 0 bridgehead atoms. The van der Waals surface area contributed by atoms with E-state index in [4.69, 9.17) is 24.1 Å². The Kier molecular flexibility index (Phi) is 7.96. The summed E-state index contributed by atoms with van der Waals surface area (Å²) in [5.74, 6) is -1.17. The average molecular weight is 222 g/mol. The Morgan fingerprint density at radius 1 is 1.29 bits per heavy atom. The third kappa shape index (κ3) is 6.25. The van der Waals surface area contributed by atoms with Crippen LogP contribution in [0.25, 0.3) is 0 Å². The summed E-state index contributed by atoms with van der Waals surface area (Å²) in [4.78, 5) is 0. The highest BCUT2D eigenvalue weighted by Crippen LogP contribution is 2.13. The molecule has 14 heavy (non-hydrogen) atoms. The van der Waals surface area contributed by atoms with Crippen LogP contribution in [0.2, 0.25) is 0 Å². The molecule has 0 heterocycles. The zero-order chi connectivity index (χ0) is 10.9. The lowest BCUT2D eigenvalue weighted by molar-refractivity contribution is -0.336. The number of rotatable bonds is 9. The van der Waals surface area contributed by atoms with Crippen LogP contribution in [-0.4, -0.2) is 52.4 Å². The van der Waals surface area contributed by atoms with E-state index in [0.29, 0.717) is 0 Å². The van der Waals surface area contributed by atoms with Crippen LogP contribution in [0.15, 0.2) is 12.3 Å². The van der Waals surface area contributed by atoms with Crippen LogP contribution < -0.4 is 0 Å². The molecule has 0 spiro atoms. The average Bonchev–Trinajstić information content (AvgIpc) is 2.21. The van der Waals surface area contributed by atoms with Crippen LogP contribution >= 0.6 is 0 Å². The summed E-state index contributed by atoms with van der Waals surface area (Å²) in [6.07, 6.45) is 0. The first-order valence-corrected chi connectivity index (χ1v) is 5.82. The van der Waals surface area contributed by atoms with Crippen LogP contribution in [0.5, 0.6) is 0 Å². The van der Waals surface area contributed by atoms with Gasteiger partial charge in [0, 0.05) is 6.92 Å². The van der Waals surface area contributed by atoms with Gasteiger partial charge < -0.3 is 24.1 Å². The summed E-state index contributed by atoms with van der Waals surface area (Å²) in [7, 11) is -0.888. The highest BCUT2D eigenvalue weighted by molar-refractivity contribution is 6.34. The van der Waals surface area contributed by atoms with Crippen molar-refractivity contribution in [3.05, 3.63) is 12.3 Å². The molecule has 5 nitrogen and oxygen atoms in total. The second-order valence-electron chi connectivity index (χ2n) is 2.61. The fourth-order valence-corrected chi connectivity index (χ4v) is 1.38. The third-order valence-corrected chi connectivity index (χ3v) is 2.30. The normalized spacial score (nSPS) is 12.5. The van der Waals surface area contributed by atoms with E-state index in [1.807, 2.05) is 0 Å². The highest BCUT2D eigenvalue weighted by atomic mass is 28.2. The van der Waals surface area contributed by atoms with Gasteiger partial charge in [-0.3, -0.25) is 0 Å². The molecule has 6 heteroatoms. The van der Waals surface area contributed by atoms with Crippen molar-refractivity contribution in [3.8, 4) is 0 Å². The first-order valence-electron chi connectivity index (χ1n) is 4.43. The van der Waals surface area contributed by atoms with Crippen molar-refractivity contribution >= 4 is 9.76 Å². The van der Waals surface area contributed by atoms with Gasteiger partial charge >= 0.3 is 0 Å². The Morgan fingerprint density at radius 2 is 1.79 bits per heavy atom. The van der Waals surface area contributed by atoms with Gasteiger partial charge in [-0.2, -0.15) is 0 Å². The Bertz CT molecular complexity index is 145. The number of aliphatic hydroxyl groups is 2. The summed E-state index contributed by atoms with van der Waals surface area (Å²) in [6.45, 7) is 5.22. The molecule has 0 aromatic heterocycles. The van der Waals surface area contributed by atoms with Gasteiger partial charge in [-0.25, -0.2) is 0 Å². The van der Waals surface area contributed by atoms with Crippen molar-refractivity contribution in [2.75, 3.05) is 26.4 Å². The molecule has 0 aromatic rings. The molecule has 0 saturated heterocycles. The van der Waals surface area contributed by atoms with E-state index in [1.54, 1.807) is 12.6 Å². The van der Waals surface area contributed by atoms with Crippen molar-refractivity contribution < 1.29 is 24.1 Å². The van der Waals surface area contributed by atoms with Crippen LogP contribution in [0.1, 0.15) is 6.92 Å². The first kappa shape index (κ1) is 13.8. The van der Waals surface area contributed by atoms with Gasteiger partial charge in [0.05, 0.1) is 26.4 Å². The van der Waals surface area contributed by atoms with Gasteiger partial charge in [-0.05, 0) is 0 Å². The van der Waals surface area contributed by atoms with Gasteiger partial charge in [0.2, 0.25) is 0 Å². The summed E-state index contributed by atoms with van der Waals surface area (Å²) in [6, 6.07) is 0. The maximum atomic E-state index is 8.59. The molecular weight excluding hydrogens is 204 g/mol. The maximum Gasteiger partial charge on any atom is 0.270 e. The van der Waals surface area contributed by atoms with Crippen LogP contribution in [-0.2, 0) is 13.9 Å². The van der Waals surface area contributed by atoms with E-state index in [2.05, 4.69) is 6.58 Å². The molecular formula is C8H18O5Si. The predicted molar refractivity (Wildman–Crippen MR) is 54.3 cm³/mol. The smallest absolute Gasteiger partial charge is 0.270 e. The van der Waals surface area contributed by atoms with E-state index in [-0.39, 0.29) is 26.4 Å². The molecule has 0 radical (unpaired) electrons. The molecule has 2 N–H and O–H groups in total. The second kappa shape index (κ2) is 8.10. The van der Waals surface area contributed by atoms with E-state index >= 15 is 0 Å². The van der Waals surface area contributed by atoms with Gasteiger partial charge in [0.15, 0.2) is 9.76 Å². The number of hydrogen-bond acceptors (Lipinski definition) is 5. The van der Waals surface area contributed by atoms with Crippen molar-refractivity contribution in [2.45, 2.75) is 12.9 Å². The summed E-state index contributed by atoms with van der Waals surface area (Å²) in [5.41, 5.74) is 1.70. The molecule has 0 unspecified atom stereocenters. The topological polar surface area (TPSA) is 68.2 Å². The van der Waals surface area contributed by atoms with E-state index in [0.717, 1.165) is 0 Å². The Morgan fingerprint density at radius 3 is 2.14 bits per heavy atom. The zero-order valence-electron chi connectivity index (χ0n) is 8.44. The Balaban J connectivity index is 3.95. The van der Waals surface area contributed by atoms with E-state index in [1.165, 1.54) is 0 Å². The lowest BCUT2D eigenvalue weighted by atomic mass is 10.6.